The van der Waals surface area contributed by atoms with Crippen molar-refractivity contribution in [2.75, 3.05) is 18.4 Å². The molecule has 1 saturated heterocycles. The molecule has 21 heavy (non-hydrogen) atoms. The maximum atomic E-state index is 10.9. The first-order valence-corrected chi connectivity index (χ1v) is 7.10. The number of hydrogen-bond donors (Lipinski definition) is 2. The van der Waals surface area contributed by atoms with E-state index in [4.69, 9.17) is 11.6 Å². The van der Waals surface area contributed by atoms with Crippen LogP contribution in [0, 0.1) is 10.1 Å². The first-order valence-electron chi connectivity index (χ1n) is 6.72. The summed E-state index contributed by atoms with van der Waals surface area (Å²) < 4.78 is 0. The zero-order chi connectivity index (χ0) is 14.8. The molecule has 0 spiro atoms. The summed E-state index contributed by atoms with van der Waals surface area (Å²) in [6.45, 7) is 1.88. The Labute approximate surface area is 125 Å². The summed E-state index contributed by atoms with van der Waals surface area (Å²) in [6, 6.07) is 4.77. The van der Waals surface area contributed by atoms with Crippen LogP contribution >= 0.6 is 11.6 Å². The van der Waals surface area contributed by atoms with Crippen LogP contribution in [0.1, 0.15) is 12.8 Å². The number of nitrogens with zero attached hydrogens (tertiary/aromatic N) is 3. The number of anilines is 1. The lowest BCUT2D eigenvalue weighted by atomic mass is 10.1. The fourth-order valence-corrected chi connectivity index (χ4v) is 2.65. The zero-order valence-corrected chi connectivity index (χ0v) is 11.9. The van der Waals surface area contributed by atoms with Crippen LogP contribution in [0.3, 0.4) is 0 Å². The van der Waals surface area contributed by atoms with E-state index in [0.717, 1.165) is 25.9 Å². The second-order valence-electron chi connectivity index (χ2n) is 4.97. The predicted octanol–water partition coefficient (Wildman–Crippen LogP) is 2.36. The molecule has 1 aliphatic heterocycles. The minimum absolute atomic E-state index is 0.0155. The Morgan fingerprint density at radius 2 is 2.10 bits per heavy atom. The number of fused-ring (bicyclic) bond motifs is 1. The molecule has 3 rings (SSSR count). The Kier molecular flexibility index (Phi) is 3.85. The van der Waals surface area contributed by atoms with Gasteiger partial charge in [0.05, 0.1) is 10.4 Å². The van der Waals surface area contributed by atoms with Crippen molar-refractivity contribution in [1.29, 1.82) is 0 Å². The number of aromatic nitrogens is 2. The molecule has 0 aliphatic carbocycles. The average molecular weight is 308 g/mol. The van der Waals surface area contributed by atoms with Crippen LogP contribution in [0.15, 0.2) is 18.2 Å². The minimum Gasteiger partial charge on any atom is -0.367 e. The number of non-ortho nitro benzene ring substituents is 1. The van der Waals surface area contributed by atoms with Crippen molar-refractivity contribution in [2.45, 2.75) is 18.9 Å². The van der Waals surface area contributed by atoms with Gasteiger partial charge in [-0.05, 0) is 43.6 Å². The molecule has 7 nitrogen and oxygen atoms in total. The van der Waals surface area contributed by atoms with Crippen molar-refractivity contribution in [3.8, 4) is 0 Å². The molecule has 110 valence electrons. The van der Waals surface area contributed by atoms with E-state index >= 15 is 0 Å². The maximum Gasteiger partial charge on any atom is 0.270 e. The normalized spacial score (nSPS) is 16.0. The number of rotatable bonds is 3. The lowest BCUT2D eigenvalue weighted by molar-refractivity contribution is -0.384. The standard InChI is InChI=1S/C13H14ClN5O2/c14-13-17-11-2-1-9(19(20)21)7-10(11)12(18-13)16-8-3-5-15-6-4-8/h1-2,7-8,15H,3-6H2,(H,16,17,18). The Morgan fingerprint density at radius 1 is 1.33 bits per heavy atom. The molecular weight excluding hydrogens is 294 g/mol. The van der Waals surface area contributed by atoms with Gasteiger partial charge >= 0.3 is 0 Å². The van der Waals surface area contributed by atoms with Crippen molar-refractivity contribution in [3.63, 3.8) is 0 Å². The molecule has 2 aromatic rings. The van der Waals surface area contributed by atoms with Gasteiger partial charge < -0.3 is 10.6 Å². The third-order valence-electron chi connectivity index (χ3n) is 3.54. The summed E-state index contributed by atoms with van der Waals surface area (Å²) in [4.78, 5) is 18.8. The van der Waals surface area contributed by atoms with Crippen molar-refractivity contribution in [2.24, 2.45) is 0 Å². The average Bonchev–Trinajstić information content (AvgIpc) is 2.47. The van der Waals surface area contributed by atoms with Crippen LogP contribution in [0.5, 0.6) is 0 Å². The van der Waals surface area contributed by atoms with Gasteiger partial charge in [-0.15, -0.1) is 0 Å². The number of benzene rings is 1. The van der Waals surface area contributed by atoms with E-state index in [-0.39, 0.29) is 17.0 Å². The number of nitro benzene ring substituents is 1. The lowest BCUT2D eigenvalue weighted by Crippen LogP contribution is -2.35. The van der Waals surface area contributed by atoms with Gasteiger partial charge in [-0.3, -0.25) is 10.1 Å². The fraction of sp³-hybridized carbons (Fsp3) is 0.385. The Hall–Kier alpha value is -1.99. The van der Waals surface area contributed by atoms with Crippen LogP contribution in [-0.2, 0) is 0 Å². The molecule has 1 aromatic carbocycles. The quantitative estimate of drug-likeness (QED) is 0.513. The highest BCUT2D eigenvalue weighted by atomic mass is 35.5. The summed E-state index contributed by atoms with van der Waals surface area (Å²) in [7, 11) is 0. The molecule has 1 aliphatic rings. The highest BCUT2D eigenvalue weighted by molar-refractivity contribution is 6.28. The molecule has 0 atom stereocenters. The second kappa shape index (κ2) is 5.79. The van der Waals surface area contributed by atoms with E-state index in [9.17, 15) is 10.1 Å². The van der Waals surface area contributed by atoms with Crippen molar-refractivity contribution in [1.82, 2.24) is 15.3 Å². The van der Waals surface area contributed by atoms with Crippen LogP contribution in [0.25, 0.3) is 10.9 Å². The summed E-state index contributed by atoms with van der Waals surface area (Å²) in [5, 5.41) is 18.3. The van der Waals surface area contributed by atoms with E-state index in [0.29, 0.717) is 16.7 Å². The fourth-order valence-electron chi connectivity index (χ4n) is 2.47. The van der Waals surface area contributed by atoms with Crippen molar-refractivity contribution in [3.05, 3.63) is 33.6 Å². The number of nitrogens with one attached hydrogen (secondary N) is 2. The monoisotopic (exact) mass is 307 g/mol. The Balaban J connectivity index is 2.01. The topological polar surface area (TPSA) is 93.0 Å². The van der Waals surface area contributed by atoms with E-state index in [2.05, 4.69) is 20.6 Å². The third kappa shape index (κ3) is 3.03. The number of piperidine rings is 1. The SMILES string of the molecule is O=[N+]([O-])c1ccc2nc(Cl)nc(NC3CCNCC3)c2c1. The predicted molar refractivity (Wildman–Crippen MR) is 80.7 cm³/mol. The third-order valence-corrected chi connectivity index (χ3v) is 3.71. The maximum absolute atomic E-state index is 10.9. The van der Waals surface area contributed by atoms with Gasteiger partial charge in [-0.2, -0.15) is 0 Å². The molecule has 8 heteroatoms. The number of hydrogen-bond acceptors (Lipinski definition) is 6. The van der Waals surface area contributed by atoms with E-state index in [1.54, 1.807) is 6.07 Å². The van der Waals surface area contributed by atoms with Crippen molar-refractivity contribution < 1.29 is 4.92 Å². The highest BCUT2D eigenvalue weighted by Crippen LogP contribution is 2.27. The van der Waals surface area contributed by atoms with E-state index < -0.39 is 4.92 Å². The molecule has 1 fully saturated rings. The lowest BCUT2D eigenvalue weighted by Gasteiger charge is -2.24. The smallest absolute Gasteiger partial charge is 0.270 e. The molecule has 0 saturated carbocycles. The molecule has 0 unspecified atom stereocenters. The Bertz CT molecular complexity index is 688. The van der Waals surface area contributed by atoms with Gasteiger partial charge in [-0.1, -0.05) is 0 Å². The molecule has 0 radical (unpaired) electrons. The van der Waals surface area contributed by atoms with Crippen LogP contribution < -0.4 is 10.6 Å². The molecule has 1 aromatic heterocycles. The van der Waals surface area contributed by atoms with Crippen LogP contribution in [0.2, 0.25) is 5.28 Å². The summed E-state index contributed by atoms with van der Waals surface area (Å²) in [5.74, 6) is 0.556. The molecule has 2 heterocycles. The highest BCUT2D eigenvalue weighted by Gasteiger charge is 2.17. The first-order chi connectivity index (χ1) is 10.1. The summed E-state index contributed by atoms with van der Waals surface area (Å²) >= 11 is 5.94. The molecule has 0 bridgehead atoms. The zero-order valence-electron chi connectivity index (χ0n) is 11.2. The van der Waals surface area contributed by atoms with Crippen LogP contribution in [0.4, 0.5) is 11.5 Å². The molecule has 2 N–H and O–H groups in total. The Morgan fingerprint density at radius 3 is 2.81 bits per heavy atom. The van der Waals surface area contributed by atoms with Gasteiger partial charge in [0.25, 0.3) is 5.69 Å². The molecule has 0 amide bonds. The molecular formula is C13H14ClN5O2. The number of nitro groups is 1. The van der Waals surface area contributed by atoms with E-state index in [1.165, 1.54) is 12.1 Å². The van der Waals surface area contributed by atoms with Gasteiger partial charge in [0.2, 0.25) is 5.28 Å². The first kappa shape index (κ1) is 14.0. The van der Waals surface area contributed by atoms with Crippen LogP contribution in [-0.4, -0.2) is 34.0 Å². The largest absolute Gasteiger partial charge is 0.367 e. The summed E-state index contributed by atoms with van der Waals surface area (Å²) in [6.07, 6.45) is 1.94. The minimum atomic E-state index is -0.428. The van der Waals surface area contributed by atoms with Gasteiger partial charge in [0.15, 0.2) is 0 Å². The number of halogens is 1. The summed E-state index contributed by atoms with van der Waals surface area (Å²) in [5.41, 5.74) is 0.610. The van der Waals surface area contributed by atoms with Gasteiger partial charge in [-0.25, -0.2) is 9.97 Å². The van der Waals surface area contributed by atoms with Crippen molar-refractivity contribution >= 4 is 34.0 Å². The van der Waals surface area contributed by atoms with Gasteiger partial charge in [0.1, 0.15) is 5.82 Å². The van der Waals surface area contributed by atoms with Gasteiger partial charge in [0, 0.05) is 23.6 Å². The second-order valence-corrected chi connectivity index (χ2v) is 5.31. The van der Waals surface area contributed by atoms with E-state index in [1.807, 2.05) is 0 Å².